The van der Waals surface area contributed by atoms with E-state index in [1.54, 1.807) is 4.90 Å². The average Bonchev–Trinajstić information content (AvgIpc) is 2.88. The van der Waals surface area contributed by atoms with Crippen molar-refractivity contribution in [1.29, 1.82) is 0 Å². The van der Waals surface area contributed by atoms with Crippen LogP contribution in [0.2, 0.25) is 0 Å². The zero-order valence-electron chi connectivity index (χ0n) is 15.5. The molecule has 0 spiro atoms. The predicted octanol–water partition coefficient (Wildman–Crippen LogP) is 5.31. The van der Waals surface area contributed by atoms with Gasteiger partial charge < -0.3 is 4.90 Å². The highest BCUT2D eigenvalue weighted by Gasteiger charge is 2.31. The van der Waals surface area contributed by atoms with Crippen molar-refractivity contribution in [2.75, 3.05) is 24.5 Å². The van der Waals surface area contributed by atoms with E-state index in [9.17, 15) is 4.79 Å². The maximum absolute atomic E-state index is 12.6. The highest BCUT2D eigenvalue weighted by atomic mass is 32.2. The summed E-state index contributed by atoms with van der Waals surface area (Å²) < 4.78 is 0.688. The van der Waals surface area contributed by atoms with Gasteiger partial charge in [-0.3, -0.25) is 9.69 Å². The topological polar surface area (TPSA) is 23.6 Å². The third-order valence-electron chi connectivity index (χ3n) is 4.43. The molecule has 1 aromatic carbocycles. The van der Waals surface area contributed by atoms with Crippen LogP contribution < -0.4 is 4.90 Å². The Labute approximate surface area is 161 Å². The number of hydrogen-bond donors (Lipinski definition) is 0. The zero-order valence-corrected chi connectivity index (χ0v) is 17.1. The average molecular weight is 377 g/mol. The number of nitrogens with zero attached hydrogens (tertiary/aromatic N) is 2. The Hall–Kier alpha value is -1.33. The van der Waals surface area contributed by atoms with Crippen molar-refractivity contribution < 1.29 is 4.79 Å². The lowest BCUT2D eigenvalue weighted by Crippen LogP contribution is -2.29. The van der Waals surface area contributed by atoms with Gasteiger partial charge in [0.05, 0.1) is 4.91 Å². The van der Waals surface area contributed by atoms with Gasteiger partial charge in [0.25, 0.3) is 5.91 Å². The Morgan fingerprint density at radius 3 is 2.36 bits per heavy atom. The third kappa shape index (κ3) is 5.32. The van der Waals surface area contributed by atoms with E-state index in [1.165, 1.54) is 30.3 Å². The molecule has 1 amide bonds. The molecule has 3 nitrogen and oxygen atoms in total. The Morgan fingerprint density at radius 2 is 1.76 bits per heavy atom. The van der Waals surface area contributed by atoms with Crippen LogP contribution in [0.25, 0.3) is 6.08 Å². The number of thiocarbonyl (C=S) groups is 1. The molecule has 5 heteroatoms. The molecular weight excluding hydrogens is 348 g/mol. The SMILES string of the molecule is CCCCCCN1C(=O)/C(=C/c2ccc(N(CC)CC)cc2)SC1=S. The van der Waals surface area contributed by atoms with Crippen LogP contribution in [0.15, 0.2) is 29.2 Å². The van der Waals surface area contributed by atoms with Crippen LogP contribution in [-0.4, -0.2) is 34.8 Å². The van der Waals surface area contributed by atoms with Crippen molar-refractivity contribution >= 4 is 46.0 Å². The number of unbranched alkanes of at least 4 members (excludes halogenated alkanes) is 3. The Balaban J connectivity index is 2.03. The number of benzene rings is 1. The molecule has 1 fully saturated rings. The maximum atomic E-state index is 12.6. The lowest BCUT2D eigenvalue weighted by Gasteiger charge is -2.20. The van der Waals surface area contributed by atoms with Gasteiger partial charge in [-0.05, 0) is 44.0 Å². The summed E-state index contributed by atoms with van der Waals surface area (Å²) in [6.07, 6.45) is 6.54. The quantitative estimate of drug-likeness (QED) is 0.331. The minimum Gasteiger partial charge on any atom is -0.372 e. The van der Waals surface area contributed by atoms with Crippen molar-refractivity contribution in [2.24, 2.45) is 0 Å². The zero-order chi connectivity index (χ0) is 18.2. The molecular formula is C20H28N2OS2. The lowest BCUT2D eigenvalue weighted by atomic mass is 10.1. The summed E-state index contributed by atoms with van der Waals surface area (Å²) in [4.78, 5) is 17.4. The van der Waals surface area contributed by atoms with Gasteiger partial charge in [0.2, 0.25) is 0 Å². The summed E-state index contributed by atoms with van der Waals surface area (Å²) in [6.45, 7) is 9.22. The summed E-state index contributed by atoms with van der Waals surface area (Å²) in [6, 6.07) is 8.37. The molecule has 0 unspecified atom stereocenters. The molecule has 0 atom stereocenters. The van der Waals surface area contributed by atoms with Gasteiger partial charge >= 0.3 is 0 Å². The van der Waals surface area contributed by atoms with Gasteiger partial charge in [-0.15, -0.1) is 0 Å². The van der Waals surface area contributed by atoms with Crippen LogP contribution in [-0.2, 0) is 4.79 Å². The highest BCUT2D eigenvalue weighted by molar-refractivity contribution is 8.26. The fraction of sp³-hybridized carbons (Fsp3) is 0.500. The first kappa shape index (κ1) is 20.0. The van der Waals surface area contributed by atoms with Gasteiger partial charge in [-0.2, -0.15) is 0 Å². The number of anilines is 1. The number of thioether (sulfide) groups is 1. The number of rotatable bonds is 9. The number of carbonyl (C=O) groups excluding carboxylic acids is 1. The molecule has 0 aliphatic carbocycles. The molecule has 0 radical (unpaired) electrons. The molecule has 136 valence electrons. The molecule has 0 aromatic heterocycles. The minimum atomic E-state index is 0.0549. The first-order valence-electron chi connectivity index (χ1n) is 9.21. The molecule has 0 saturated carbocycles. The largest absolute Gasteiger partial charge is 0.372 e. The number of carbonyl (C=O) groups is 1. The van der Waals surface area contributed by atoms with Crippen molar-refractivity contribution in [3.63, 3.8) is 0 Å². The van der Waals surface area contributed by atoms with Gasteiger partial charge in [0.15, 0.2) is 0 Å². The molecule has 1 aromatic rings. The van der Waals surface area contributed by atoms with E-state index in [0.29, 0.717) is 4.32 Å². The first-order chi connectivity index (χ1) is 12.1. The van der Waals surface area contributed by atoms with E-state index in [2.05, 4.69) is 49.9 Å². The summed E-state index contributed by atoms with van der Waals surface area (Å²) in [5.74, 6) is 0.0549. The van der Waals surface area contributed by atoms with E-state index in [-0.39, 0.29) is 5.91 Å². The minimum absolute atomic E-state index is 0.0549. The van der Waals surface area contributed by atoms with Crippen LogP contribution in [0.1, 0.15) is 52.0 Å². The van der Waals surface area contributed by atoms with Crippen molar-refractivity contribution in [2.45, 2.75) is 46.5 Å². The normalized spacial score (nSPS) is 16.1. The first-order valence-corrected chi connectivity index (χ1v) is 10.4. The predicted molar refractivity (Wildman–Crippen MR) is 114 cm³/mol. The standard InChI is InChI=1S/C20H28N2OS2/c1-4-7-8-9-14-22-19(23)18(25-20(22)24)15-16-10-12-17(13-11-16)21(5-2)6-3/h10-13,15H,4-9,14H2,1-3H3/b18-15-. The molecule has 1 aliphatic rings. The van der Waals surface area contributed by atoms with E-state index in [4.69, 9.17) is 12.2 Å². The van der Waals surface area contributed by atoms with Crippen LogP contribution in [0.5, 0.6) is 0 Å². The summed E-state index contributed by atoms with van der Waals surface area (Å²) >= 11 is 6.81. The second-order valence-corrected chi connectivity index (χ2v) is 7.83. The summed E-state index contributed by atoms with van der Waals surface area (Å²) in [7, 11) is 0. The lowest BCUT2D eigenvalue weighted by molar-refractivity contribution is -0.122. The molecule has 0 N–H and O–H groups in total. The maximum Gasteiger partial charge on any atom is 0.266 e. The van der Waals surface area contributed by atoms with Crippen molar-refractivity contribution in [1.82, 2.24) is 4.90 Å². The van der Waals surface area contributed by atoms with Gasteiger partial charge in [-0.25, -0.2) is 0 Å². The van der Waals surface area contributed by atoms with Crippen molar-refractivity contribution in [3.8, 4) is 0 Å². The Kier molecular flexibility index (Phi) is 7.97. The van der Waals surface area contributed by atoms with Crippen LogP contribution in [0.3, 0.4) is 0 Å². The molecule has 1 saturated heterocycles. The van der Waals surface area contributed by atoms with Crippen LogP contribution in [0.4, 0.5) is 5.69 Å². The smallest absolute Gasteiger partial charge is 0.266 e. The Morgan fingerprint density at radius 1 is 1.08 bits per heavy atom. The van der Waals surface area contributed by atoms with E-state index in [0.717, 1.165) is 42.9 Å². The Bertz CT molecular complexity index is 621. The van der Waals surface area contributed by atoms with Gasteiger partial charge in [0.1, 0.15) is 4.32 Å². The summed E-state index contributed by atoms with van der Waals surface area (Å²) in [5, 5.41) is 0. The summed E-state index contributed by atoms with van der Waals surface area (Å²) in [5.41, 5.74) is 2.26. The fourth-order valence-corrected chi connectivity index (χ4v) is 4.22. The number of amides is 1. The van der Waals surface area contributed by atoms with E-state index >= 15 is 0 Å². The molecule has 2 rings (SSSR count). The molecule has 0 bridgehead atoms. The van der Waals surface area contributed by atoms with Crippen LogP contribution in [0, 0.1) is 0 Å². The molecule has 25 heavy (non-hydrogen) atoms. The highest BCUT2D eigenvalue weighted by Crippen LogP contribution is 2.33. The van der Waals surface area contributed by atoms with E-state index < -0.39 is 0 Å². The fourth-order valence-electron chi connectivity index (χ4n) is 2.91. The second-order valence-electron chi connectivity index (χ2n) is 6.16. The van der Waals surface area contributed by atoms with Crippen molar-refractivity contribution in [3.05, 3.63) is 34.7 Å². The second kappa shape index (κ2) is 9.97. The van der Waals surface area contributed by atoms with Crippen LogP contribution >= 0.6 is 24.0 Å². The van der Waals surface area contributed by atoms with Gasteiger partial charge in [-0.1, -0.05) is 62.3 Å². The molecule has 1 heterocycles. The third-order valence-corrected chi connectivity index (χ3v) is 5.81. The monoisotopic (exact) mass is 376 g/mol. The van der Waals surface area contributed by atoms with E-state index in [1.807, 2.05) is 6.08 Å². The number of hydrogen-bond acceptors (Lipinski definition) is 4. The molecule has 1 aliphatic heterocycles. The van der Waals surface area contributed by atoms with Gasteiger partial charge in [0, 0.05) is 25.3 Å².